The number of carboxylic acids is 2. The van der Waals surface area contributed by atoms with Crippen molar-refractivity contribution < 1.29 is 30.0 Å². The first kappa shape index (κ1) is 32.4. The van der Waals surface area contributed by atoms with Crippen molar-refractivity contribution in [2.24, 2.45) is 0 Å². The number of hydrogen-bond donors (Lipinski definition) is 6. The number of benzene rings is 4. The van der Waals surface area contributed by atoms with E-state index in [2.05, 4.69) is 35.3 Å². The molecule has 8 heteroatoms. The fraction of sp³-hybridized carbons (Fsp3) is 0.200. The standard InChI is InChI=1S/C23H16O6.C12H20N2/c24-20-16(14-7-3-1-5-12(14)9-18(20)22(26)27)11-17-15-8-4-2-6-13(15)10-19(21(17)25)23(28)29;1-3-5-9-13-11-7-8-12-14-10-6-4-2/h1-10,24-25H,11H2,(H,26,27)(H,28,29);5-6,13-14H,1-2,7-12H2. The molecule has 0 amide bonds. The molecule has 222 valence electrons. The van der Waals surface area contributed by atoms with Gasteiger partial charge in [-0.1, -0.05) is 61.7 Å². The Morgan fingerprint density at radius 1 is 0.698 bits per heavy atom. The van der Waals surface area contributed by atoms with Gasteiger partial charge in [-0.05, 0) is 71.8 Å². The summed E-state index contributed by atoms with van der Waals surface area (Å²) >= 11 is 0. The summed E-state index contributed by atoms with van der Waals surface area (Å²) in [5.74, 6) is -3.36. The Balaban J connectivity index is 0.000000308. The lowest BCUT2D eigenvalue weighted by Crippen LogP contribution is -2.18. The number of hydrogen-bond acceptors (Lipinski definition) is 6. The van der Waals surface area contributed by atoms with Crippen LogP contribution in [-0.4, -0.2) is 58.5 Å². The first-order chi connectivity index (χ1) is 20.8. The fourth-order valence-electron chi connectivity index (χ4n) is 4.68. The number of carbonyl (C=O) groups is 2. The second-order valence-corrected chi connectivity index (χ2v) is 9.66. The first-order valence-electron chi connectivity index (χ1n) is 13.8. The van der Waals surface area contributed by atoms with E-state index < -0.39 is 23.4 Å². The van der Waals surface area contributed by atoms with Crippen LogP contribution in [-0.2, 0) is 6.42 Å². The summed E-state index contributed by atoms with van der Waals surface area (Å²) in [5.41, 5.74) is 5.56. The van der Waals surface area contributed by atoms with Crippen LogP contribution in [0.3, 0.4) is 0 Å². The first-order valence-corrected chi connectivity index (χ1v) is 13.8. The van der Waals surface area contributed by atoms with Crippen LogP contribution in [0.25, 0.3) is 21.5 Å². The van der Waals surface area contributed by atoms with Gasteiger partial charge in [0.05, 0.1) is 0 Å². The molecule has 0 saturated heterocycles. The van der Waals surface area contributed by atoms with Crippen LogP contribution in [0.5, 0.6) is 11.5 Å². The SMILES string of the molecule is C=C=CCNCCCCNCC=C=C.O=C(O)c1cc2ccccc2c(Cc2c(O)c(C(=O)O)cc3ccccc23)c1O. The lowest BCUT2D eigenvalue weighted by atomic mass is 9.90. The molecule has 0 saturated carbocycles. The van der Waals surface area contributed by atoms with E-state index >= 15 is 0 Å². The Labute approximate surface area is 250 Å². The van der Waals surface area contributed by atoms with Crippen LogP contribution < -0.4 is 10.6 Å². The minimum Gasteiger partial charge on any atom is -0.507 e. The highest BCUT2D eigenvalue weighted by atomic mass is 16.4. The second-order valence-electron chi connectivity index (χ2n) is 9.66. The van der Waals surface area contributed by atoms with Gasteiger partial charge < -0.3 is 31.1 Å². The molecule has 0 aliphatic heterocycles. The predicted molar refractivity (Wildman–Crippen MR) is 170 cm³/mol. The number of aromatic hydroxyl groups is 2. The maximum Gasteiger partial charge on any atom is 0.339 e. The van der Waals surface area contributed by atoms with Crippen molar-refractivity contribution >= 4 is 33.5 Å². The van der Waals surface area contributed by atoms with E-state index in [0.717, 1.165) is 26.2 Å². The molecular formula is C35H36N2O6. The third-order valence-corrected chi connectivity index (χ3v) is 6.81. The van der Waals surface area contributed by atoms with Crippen LogP contribution in [0, 0.1) is 0 Å². The molecule has 0 aliphatic carbocycles. The number of phenols is 2. The van der Waals surface area contributed by atoms with E-state index in [1.54, 1.807) is 48.5 Å². The minimum absolute atomic E-state index is 0.0407. The highest BCUT2D eigenvalue weighted by molar-refractivity contribution is 6.02. The van der Waals surface area contributed by atoms with Crippen molar-refractivity contribution in [2.45, 2.75) is 19.3 Å². The maximum atomic E-state index is 11.6. The van der Waals surface area contributed by atoms with Gasteiger partial charge >= 0.3 is 11.9 Å². The summed E-state index contributed by atoms with van der Waals surface area (Å²) in [6.45, 7) is 10.8. The second kappa shape index (κ2) is 16.4. The molecule has 0 spiro atoms. The molecule has 0 aliphatic rings. The lowest BCUT2D eigenvalue weighted by Gasteiger charge is -2.16. The Morgan fingerprint density at radius 3 is 1.47 bits per heavy atom. The van der Waals surface area contributed by atoms with Gasteiger partial charge in [0.1, 0.15) is 22.6 Å². The monoisotopic (exact) mass is 580 g/mol. The molecular weight excluding hydrogens is 544 g/mol. The Bertz CT molecular complexity index is 1570. The summed E-state index contributed by atoms with van der Waals surface area (Å²) < 4.78 is 0. The van der Waals surface area contributed by atoms with Gasteiger partial charge in [-0.2, -0.15) is 0 Å². The van der Waals surface area contributed by atoms with Gasteiger partial charge in [0.2, 0.25) is 0 Å². The quantitative estimate of drug-likeness (QED) is 0.0834. The minimum atomic E-state index is -1.28. The Kier molecular flexibility index (Phi) is 12.3. The van der Waals surface area contributed by atoms with E-state index in [9.17, 15) is 30.0 Å². The van der Waals surface area contributed by atoms with Crippen molar-refractivity contribution in [1.29, 1.82) is 0 Å². The highest BCUT2D eigenvalue weighted by Crippen LogP contribution is 2.38. The molecule has 4 rings (SSSR count). The number of aromatic carboxylic acids is 2. The third kappa shape index (κ3) is 8.69. The zero-order chi connectivity index (χ0) is 31.2. The summed E-state index contributed by atoms with van der Waals surface area (Å²) in [4.78, 5) is 23.2. The van der Waals surface area contributed by atoms with E-state index in [1.807, 2.05) is 12.2 Å². The van der Waals surface area contributed by atoms with Crippen molar-refractivity contribution in [3.8, 4) is 11.5 Å². The van der Waals surface area contributed by atoms with Gasteiger partial charge in [-0.25, -0.2) is 9.59 Å². The molecule has 0 radical (unpaired) electrons. The molecule has 0 fully saturated rings. The number of unbranched alkanes of at least 4 members (excludes halogenated alkanes) is 1. The Hall–Kier alpha value is -5.10. The van der Waals surface area contributed by atoms with E-state index in [4.69, 9.17) is 0 Å². The topological polar surface area (TPSA) is 139 Å². The molecule has 0 unspecified atom stereocenters. The molecule has 6 N–H and O–H groups in total. The van der Waals surface area contributed by atoms with Gasteiger partial charge in [0, 0.05) is 30.6 Å². The molecule has 0 aromatic heterocycles. The summed E-state index contributed by atoms with van der Waals surface area (Å²) in [5, 5.41) is 49.3. The zero-order valence-electron chi connectivity index (χ0n) is 23.9. The molecule has 8 nitrogen and oxygen atoms in total. The van der Waals surface area contributed by atoms with Gasteiger partial charge in [-0.15, -0.1) is 11.5 Å². The van der Waals surface area contributed by atoms with Gasteiger partial charge in [0.15, 0.2) is 0 Å². The summed E-state index contributed by atoms with van der Waals surface area (Å²) in [7, 11) is 0. The van der Waals surface area contributed by atoms with Crippen LogP contribution in [0.2, 0.25) is 0 Å². The van der Waals surface area contributed by atoms with Crippen molar-refractivity contribution in [3.05, 3.63) is 120 Å². The van der Waals surface area contributed by atoms with Crippen LogP contribution in [0.1, 0.15) is 44.7 Å². The van der Waals surface area contributed by atoms with Crippen LogP contribution in [0.4, 0.5) is 0 Å². The average molecular weight is 581 g/mol. The maximum absolute atomic E-state index is 11.6. The fourth-order valence-corrected chi connectivity index (χ4v) is 4.68. The van der Waals surface area contributed by atoms with E-state index in [0.29, 0.717) is 32.7 Å². The molecule has 0 bridgehead atoms. The normalized spacial score (nSPS) is 10.3. The third-order valence-electron chi connectivity index (χ3n) is 6.81. The summed E-state index contributed by atoms with van der Waals surface area (Å²) in [6, 6.07) is 16.8. The molecule has 43 heavy (non-hydrogen) atoms. The average Bonchev–Trinajstić information content (AvgIpc) is 3.00. The van der Waals surface area contributed by atoms with Crippen LogP contribution in [0.15, 0.2) is 97.4 Å². The van der Waals surface area contributed by atoms with Gasteiger partial charge in [0.25, 0.3) is 0 Å². The zero-order valence-corrected chi connectivity index (χ0v) is 23.9. The highest BCUT2D eigenvalue weighted by Gasteiger charge is 2.22. The largest absolute Gasteiger partial charge is 0.507 e. The van der Waals surface area contributed by atoms with E-state index in [1.165, 1.54) is 25.0 Å². The van der Waals surface area contributed by atoms with Gasteiger partial charge in [-0.3, -0.25) is 0 Å². The van der Waals surface area contributed by atoms with Crippen molar-refractivity contribution in [2.75, 3.05) is 26.2 Å². The lowest BCUT2D eigenvalue weighted by molar-refractivity contribution is 0.0682. The number of nitrogens with one attached hydrogen (secondary N) is 2. The summed E-state index contributed by atoms with van der Waals surface area (Å²) in [6.07, 6.45) is 6.13. The number of rotatable bonds is 13. The smallest absolute Gasteiger partial charge is 0.339 e. The van der Waals surface area contributed by atoms with Crippen molar-refractivity contribution in [1.82, 2.24) is 10.6 Å². The Morgan fingerprint density at radius 2 is 1.09 bits per heavy atom. The van der Waals surface area contributed by atoms with E-state index in [-0.39, 0.29) is 17.5 Å². The number of fused-ring (bicyclic) bond motifs is 2. The molecule has 0 atom stereocenters. The number of carboxylic acid groups (broad SMARTS) is 2. The predicted octanol–water partition coefficient (Wildman–Crippen LogP) is 6.02. The van der Waals surface area contributed by atoms with Crippen molar-refractivity contribution in [3.63, 3.8) is 0 Å². The van der Waals surface area contributed by atoms with Crippen LogP contribution >= 0.6 is 0 Å². The molecule has 4 aromatic carbocycles. The molecule has 4 aromatic rings. The molecule has 0 heterocycles.